The summed E-state index contributed by atoms with van der Waals surface area (Å²) < 4.78 is 10.9. The number of nitrogens with one attached hydrogen (secondary N) is 1. The Balaban J connectivity index is 1.54. The number of rotatable bonds is 5. The number of benzene rings is 1. The van der Waals surface area contributed by atoms with Gasteiger partial charge in [-0.1, -0.05) is 0 Å². The van der Waals surface area contributed by atoms with E-state index in [9.17, 15) is 4.79 Å². The van der Waals surface area contributed by atoms with Gasteiger partial charge in [-0.25, -0.2) is 0 Å². The molecule has 2 heterocycles. The second-order valence-electron chi connectivity index (χ2n) is 5.44. The number of aromatic nitrogens is 2. The molecule has 1 aromatic carbocycles. The molecule has 0 unspecified atom stereocenters. The van der Waals surface area contributed by atoms with Gasteiger partial charge in [-0.05, 0) is 37.1 Å². The zero-order valence-corrected chi connectivity index (χ0v) is 14.0. The number of fused-ring (bicyclic) bond motifs is 1. The van der Waals surface area contributed by atoms with Crippen molar-refractivity contribution in [2.24, 2.45) is 5.92 Å². The van der Waals surface area contributed by atoms with E-state index in [0.717, 1.165) is 27.1 Å². The van der Waals surface area contributed by atoms with E-state index < -0.39 is 0 Å². The third kappa shape index (κ3) is 3.79. The van der Waals surface area contributed by atoms with E-state index >= 15 is 0 Å². The van der Waals surface area contributed by atoms with Crippen LogP contribution in [0.2, 0.25) is 0 Å². The minimum atomic E-state index is -0.175. The van der Waals surface area contributed by atoms with Crippen LogP contribution in [0.3, 0.4) is 0 Å². The van der Waals surface area contributed by atoms with Crippen LogP contribution in [0.1, 0.15) is 15.6 Å². The van der Waals surface area contributed by atoms with E-state index in [4.69, 9.17) is 9.47 Å². The molecule has 1 amide bonds. The maximum absolute atomic E-state index is 12.3. The van der Waals surface area contributed by atoms with Crippen molar-refractivity contribution in [2.45, 2.75) is 19.8 Å². The molecular weight excluding hydrogens is 314 g/mol. The van der Waals surface area contributed by atoms with Crippen LogP contribution in [0.4, 0.5) is 0 Å². The molecule has 122 valence electrons. The number of nitrogens with zero attached hydrogens (tertiary/aromatic N) is 2. The minimum Gasteiger partial charge on any atom is -0.497 e. The van der Waals surface area contributed by atoms with Gasteiger partial charge in [-0.3, -0.25) is 4.79 Å². The standard InChI is InChI=1S/C16H19N3O3S/c1-10-18-19-15(23-10)5-6-17-16(20)12-7-11-8-13(21-2)3-4-14(11)22-9-12/h3-4,8,12H,5-7,9H2,1-2H3,(H,17,20)/t12-/m0/s1. The van der Waals surface area contributed by atoms with Gasteiger partial charge in [0.05, 0.1) is 13.0 Å². The van der Waals surface area contributed by atoms with Crippen LogP contribution in [-0.2, 0) is 17.6 Å². The van der Waals surface area contributed by atoms with Crippen molar-refractivity contribution in [1.29, 1.82) is 0 Å². The Morgan fingerprint density at radius 2 is 2.35 bits per heavy atom. The molecule has 0 saturated carbocycles. The monoisotopic (exact) mass is 333 g/mol. The largest absolute Gasteiger partial charge is 0.497 e. The highest BCUT2D eigenvalue weighted by atomic mass is 32.1. The van der Waals surface area contributed by atoms with Gasteiger partial charge in [0.2, 0.25) is 5.91 Å². The Hall–Kier alpha value is -2.15. The first-order valence-corrected chi connectivity index (χ1v) is 8.34. The third-order valence-electron chi connectivity index (χ3n) is 3.75. The highest BCUT2D eigenvalue weighted by molar-refractivity contribution is 7.11. The van der Waals surface area contributed by atoms with Crippen LogP contribution in [-0.4, -0.2) is 36.4 Å². The van der Waals surface area contributed by atoms with Gasteiger partial charge < -0.3 is 14.8 Å². The zero-order chi connectivity index (χ0) is 16.2. The van der Waals surface area contributed by atoms with E-state index in [-0.39, 0.29) is 11.8 Å². The first-order valence-electron chi connectivity index (χ1n) is 7.52. The molecule has 0 radical (unpaired) electrons. The van der Waals surface area contributed by atoms with Crippen LogP contribution in [0.5, 0.6) is 11.5 Å². The fourth-order valence-electron chi connectivity index (χ4n) is 2.54. The van der Waals surface area contributed by atoms with Gasteiger partial charge in [-0.2, -0.15) is 0 Å². The second kappa shape index (κ2) is 6.95. The summed E-state index contributed by atoms with van der Waals surface area (Å²) in [7, 11) is 1.63. The Bertz CT molecular complexity index is 702. The number of methoxy groups -OCH3 is 1. The summed E-state index contributed by atoms with van der Waals surface area (Å²) in [5.74, 6) is 1.45. The molecule has 1 N–H and O–H groups in total. The molecule has 23 heavy (non-hydrogen) atoms. The lowest BCUT2D eigenvalue weighted by molar-refractivity contribution is -0.126. The lowest BCUT2D eigenvalue weighted by Gasteiger charge is -2.25. The molecule has 1 aliphatic heterocycles. The summed E-state index contributed by atoms with van der Waals surface area (Å²) in [4.78, 5) is 12.3. The molecular formula is C16H19N3O3S. The van der Waals surface area contributed by atoms with E-state index in [1.165, 1.54) is 0 Å². The van der Waals surface area contributed by atoms with E-state index in [1.807, 2.05) is 25.1 Å². The predicted octanol–water partition coefficient (Wildman–Crippen LogP) is 1.77. The van der Waals surface area contributed by atoms with E-state index in [1.54, 1.807) is 18.4 Å². The lowest BCUT2D eigenvalue weighted by atomic mass is 9.96. The first-order chi connectivity index (χ1) is 11.2. The first kappa shape index (κ1) is 15.7. The van der Waals surface area contributed by atoms with Crippen molar-refractivity contribution in [3.05, 3.63) is 33.8 Å². The fraction of sp³-hybridized carbons (Fsp3) is 0.438. The summed E-state index contributed by atoms with van der Waals surface area (Å²) in [6.07, 6.45) is 1.37. The SMILES string of the molecule is COc1ccc2c(c1)C[C@H](C(=O)NCCc1nnc(C)s1)CO2. The Kier molecular flexibility index (Phi) is 4.76. The summed E-state index contributed by atoms with van der Waals surface area (Å²) in [5.41, 5.74) is 1.01. The van der Waals surface area contributed by atoms with Crippen LogP contribution < -0.4 is 14.8 Å². The summed E-state index contributed by atoms with van der Waals surface area (Å²) in [5, 5.41) is 12.9. The van der Waals surface area contributed by atoms with Crippen LogP contribution in [0, 0.1) is 12.8 Å². The number of carbonyl (C=O) groups is 1. The minimum absolute atomic E-state index is 0.0136. The predicted molar refractivity (Wildman–Crippen MR) is 87.0 cm³/mol. The quantitative estimate of drug-likeness (QED) is 0.903. The van der Waals surface area contributed by atoms with Crippen molar-refractivity contribution in [3.63, 3.8) is 0 Å². The van der Waals surface area contributed by atoms with Crippen molar-refractivity contribution >= 4 is 17.2 Å². The van der Waals surface area contributed by atoms with Gasteiger partial charge >= 0.3 is 0 Å². The zero-order valence-electron chi connectivity index (χ0n) is 13.2. The highest BCUT2D eigenvalue weighted by Crippen LogP contribution is 2.30. The normalized spacial score (nSPS) is 16.3. The van der Waals surface area contributed by atoms with Gasteiger partial charge in [0, 0.05) is 13.0 Å². The van der Waals surface area contributed by atoms with E-state index in [0.29, 0.717) is 26.0 Å². The van der Waals surface area contributed by atoms with Gasteiger partial charge in [0.1, 0.15) is 28.1 Å². The van der Waals surface area contributed by atoms with Gasteiger partial charge in [0.25, 0.3) is 0 Å². The molecule has 2 aromatic rings. The smallest absolute Gasteiger partial charge is 0.226 e. The molecule has 0 saturated heterocycles. The van der Waals surface area contributed by atoms with Crippen molar-refractivity contribution in [2.75, 3.05) is 20.3 Å². The molecule has 1 aromatic heterocycles. The second-order valence-corrected chi connectivity index (χ2v) is 6.71. The maximum Gasteiger partial charge on any atom is 0.226 e. The molecule has 0 fully saturated rings. The molecule has 1 atom stereocenters. The van der Waals surface area contributed by atoms with Crippen LogP contribution >= 0.6 is 11.3 Å². The molecule has 0 aliphatic carbocycles. The van der Waals surface area contributed by atoms with Crippen molar-refractivity contribution in [3.8, 4) is 11.5 Å². The maximum atomic E-state index is 12.3. The molecule has 0 spiro atoms. The number of hydrogen-bond acceptors (Lipinski definition) is 6. The average Bonchev–Trinajstić information content (AvgIpc) is 2.99. The fourth-order valence-corrected chi connectivity index (χ4v) is 3.25. The highest BCUT2D eigenvalue weighted by Gasteiger charge is 2.26. The van der Waals surface area contributed by atoms with Crippen molar-refractivity contribution < 1.29 is 14.3 Å². The van der Waals surface area contributed by atoms with Gasteiger partial charge in [0.15, 0.2) is 0 Å². The number of aryl methyl sites for hydroxylation is 1. The Labute approximate surface area is 138 Å². The third-order valence-corrected chi connectivity index (χ3v) is 4.65. The summed E-state index contributed by atoms with van der Waals surface area (Å²) >= 11 is 1.56. The number of ether oxygens (including phenoxy) is 2. The number of hydrogen-bond donors (Lipinski definition) is 1. The number of amides is 1. The van der Waals surface area contributed by atoms with E-state index in [2.05, 4.69) is 15.5 Å². The van der Waals surface area contributed by atoms with Crippen LogP contribution in [0.15, 0.2) is 18.2 Å². The summed E-state index contributed by atoms with van der Waals surface area (Å²) in [6, 6.07) is 5.68. The average molecular weight is 333 g/mol. The summed E-state index contributed by atoms with van der Waals surface area (Å²) in [6.45, 7) is 2.89. The molecule has 1 aliphatic rings. The lowest BCUT2D eigenvalue weighted by Crippen LogP contribution is -2.38. The molecule has 7 heteroatoms. The molecule has 3 rings (SSSR count). The topological polar surface area (TPSA) is 73.3 Å². The van der Waals surface area contributed by atoms with Crippen molar-refractivity contribution in [1.82, 2.24) is 15.5 Å². The Morgan fingerprint density at radius 1 is 1.48 bits per heavy atom. The number of carbonyl (C=O) groups excluding carboxylic acids is 1. The Morgan fingerprint density at radius 3 is 3.09 bits per heavy atom. The molecule has 0 bridgehead atoms. The van der Waals surface area contributed by atoms with Gasteiger partial charge in [-0.15, -0.1) is 21.5 Å². The van der Waals surface area contributed by atoms with Crippen LogP contribution in [0.25, 0.3) is 0 Å². The molecule has 6 nitrogen and oxygen atoms in total.